The van der Waals surface area contributed by atoms with Crippen molar-refractivity contribution in [2.24, 2.45) is 5.73 Å². The predicted octanol–water partition coefficient (Wildman–Crippen LogP) is 2.23. The Morgan fingerprint density at radius 3 is 2.35 bits per heavy atom. The third-order valence-corrected chi connectivity index (χ3v) is 3.23. The Bertz CT molecular complexity index is 388. The highest BCUT2D eigenvalue weighted by Crippen LogP contribution is 2.20. The van der Waals surface area contributed by atoms with Crippen LogP contribution < -0.4 is 11.2 Å². The van der Waals surface area contributed by atoms with Crippen LogP contribution in [0.5, 0.6) is 0 Å². The zero-order valence-electron chi connectivity index (χ0n) is 10.2. The Morgan fingerprint density at radius 2 is 1.94 bits per heavy atom. The highest BCUT2D eigenvalue weighted by molar-refractivity contribution is 7.81. The second-order valence-electron chi connectivity index (χ2n) is 4.43. The highest BCUT2D eigenvalue weighted by Gasteiger charge is 2.24. The van der Waals surface area contributed by atoms with Crippen molar-refractivity contribution in [3.63, 3.8) is 0 Å². The van der Waals surface area contributed by atoms with E-state index in [-0.39, 0.29) is 5.25 Å². The van der Waals surface area contributed by atoms with Gasteiger partial charge in [0, 0.05) is 10.8 Å². The van der Waals surface area contributed by atoms with Gasteiger partial charge in [-0.3, -0.25) is 15.1 Å². The Labute approximate surface area is 107 Å². The van der Waals surface area contributed by atoms with Crippen molar-refractivity contribution in [3.05, 3.63) is 29.8 Å². The van der Waals surface area contributed by atoms with E-state index in [1.807, 2.05) is 20.8 Å². The van der Waals surface area contributed by atoms with Crippen molar-refractivity contribution in [2.45, 2.75) is 31.6 Å². The fourth-order valence-corrected chi connectivity index (χ4v) is 1.03. The molecular weight excluding hydrogens is 236 g/mol. The number of primary amides is 1. The van der Waals surface area contributed by atoms with Gasteiger partial charge < -0.3 is 5.73 Å². The first-order chi connectivity index (χ1) is 7.83. The molecule has 94 valence electrons. The Balaban J connectivity index is 2.62. The van der Waals surface area contributed by atoms with Crippen molar-refractivity contribution in [1.29, 1.82) is 0 Å². The predicted molar refractivity (Wildman–Crippen MR) is 72.2 cm³/mol. The average molecular weight is 254 g/mol. The summed E-state index contributed by atoms with van der Waals surface area (Å²) in [7, 11) is 0. The van der Waals surface area contributed by atoms with Crippen LogP contribution in [0.15, 0.2) is 24.3 Å². The zero-order chi connectivity index (χ0) is 13.1. The lowest BCUT2D eigenvalue weighted by atomic mass is 10.1. The molecular formula is C12H18N2O2S. The number of nitrogens with one attached hydrogen (secondary N) is 1. The van der Waals surface area contributed by atoms with E-state index in [1.165, 1.54) is 0 Å². The molecule has 3 N–H and O–H groups in total. The number of hydrogen-bond donors (Lipinski definition) is 3. The van der Waals surface area contributed by atoms with Crippen molar-refractivity contribution in [1.82, 2.24) is 0 Å². The van der Waals surface area contributed by atoms with Crippen LogP contribution in [0.3, 0.4) is 0 Å². The maximum Gasteiger partial charge on any atom is 0.248 e. The minimum Gasteiger partial charge on any atom is -0.366 e. The van der Waals surface area contributed by atoms with Gasteiger partial charge in [0.2, 0.25) is 5.91 Å². The van der Waals surface area contributed by atoms with Gasteiger partial charge in [0.05, 0.1) is 5.69 Å². The Kier molecular flexibility index (Phi) is 4.42. The first-order valence-corrected chi connectivity index (χ1v) is 5.86. The lowest BCUT2D eigenvalue weighted by molar-refractivity contribution is 0.0230. The minimum atomic E-state index is -0.443. The molecule has 1 amide bonds. The molecule has 0 aliphatic rings. The SMILES string of the molecule is CC(S)C(C)(C)ONc1ccc(C(N)=O)cc1. The van der Waals surface area contributed by atoms with E-state index in [4.69, 9.17) is 10.6 Å². The van der Waals surface area contributed by atoms with Gasteiger partial charge >= 0.3 is 0 Å². The van der Waals surface area contributed by atoms with Crippen molar-refractivity contribution >= 4 is 24.2 Å². The third kappa shape index (κ3) is 3.94. The lowest BCUT2D eigenvalue weighted by Gasteiger charge is -2.28. The van der Waals surface area contributed by atoms with E-state index in [2.05, 4.69) is 18.1 Å². The van der Waals surface area contributed by atoms with E-state index < -0.39 is 11.5 Å². The molecule has 0 saturated heterocycles. The van der Waals surface area contributed by atoms with Gasteiger partial charge in [-0.05, 0) is 38.1 Å². The van der Waals surface area contributed by atoms with Crippen LogP contribution in [0.4, 0.5) is 5.69 Å². The number of amides is 1. The summed E-state index contributed by atoms with van der Waals surface area (Å²) in [5.74, 6) is -0.443. The normalized spacial score (nSPS) is 13.2. The molecule has 0 aliphatic heterocycles. The second-order valence-corrected chi connectivity index (χ2v) is 5.20. The zero-order valence-corrected chi connectivity index (χ0v) is 11.1. The number of carbonyl (C=O) groups is 1. The van der Waals surface area contributed by atoms with Crippen LogP contribution in [0, 0.1) is 0 Å². The molecule has 17 heavy (non-hydrogen) atoms. The number of benzene rings is 1. The molecule has 4 nitrogen and oxygen atoms in total. The quantitative estimate of drug-likeness (QED) is 0.557. The van der Waals surface area contributed by atoms with Gasteiger partial charge in [0.15, 0.2) is 0 Å². The van der Waals surface area contributed by atoms with E-state index in [1.54, 1.807) is 24.3 Å². The Morgan fingerprint density at radius 1 is 1.41 bits per heavy atom. The molecule has 1 aromatic carbocycles. The number of thiol groups is 1. The minimum absolute atomic E-state index is 0.0832. The van der Waals surface area contributed by atoms with Crippen LogP contribution in [-0.4, -0.2) is 16.8 Å². The van der Waals surface area contributed by atoms with E-state index in [9.17, 15) is 4.79 Å². The molecule has 0 bridgehead atoms. The largest absolute Gasteiger partial charge is 0.366 e. The van der Waals surface area contributed by atoms with E-state index in [0.29, 0.717) is 5.56 Å². The summed E-state index contributed by atoms with van der Waals surface area (Å²) in [5, 5.41) is 0.0832. The average Bonchev–Trinajstić information content (AvgIpc) is 2.27. The van der Waals surface area contributed by atoms with Gasteiger partial charge in [-0.2, -0.15) is 12.6 Å². The number of carbonyl (C=O) groups excluding carboxylic acids is 1. The fourth-order valence-electron chi connectivity index (χ4n) is 0.978. The lowest BCUT2D eigenvalue weighted by Crippen LogP contribution is -2.35. The summed E-state index contributed by atoms with van der Waals surface area (Å²) in [6, 6.07) is 6.76. The van der Waals surface area contributed by atoms with Crippen molar-refractivity contribution in [3.8, 4) is 0 Å². The molecule has 5 heteroatoms. The molecule has 1 rings (SSSR count). The summed E-state index contributed by atoms with van der Waals surface area (Å²) < 4.78 is 0. The standard InChI is InChI=1S/C12H18N2O2S/c1-8(17)12(2,3)16-14-10-6-4-9(5-7-10)11(13)15/h4-8,14,17H,1-3H3,(H2,13,15). The second kappa shape index (κ2) is 5.42. The van der Waals surface area contributed by atoms with E-state index >= 15 is 0 Å². The van der Waals surface area contributed by atoms with Crippen LogP contribution >= 0.6 is 12.6 Å². The van der Waals surface area contributed by atoms with Gasteiger partial charge in [0.1, 0.15) is 5.60 Å². The number of anilines is 1. The first kappa shape index (κ1) is 13.9. The summed E-state index contributed by atoms with van der Waals surface area (Å²) in [6.45, 7) is 5.84. The smallest absolute Gasteiger partial charge is 0.248 e. The fraction of sp³-hybridized carbons (Fsp3) is 0.417. The monoisotopic (exact) mass is 254 g/mol. The molecule has 1 atom stereocenters. The number of nitrogens with two attached hydrogens (primary N) is 1. The molecule has 0 saturated carbocycles. The van der Waals surface area contributed by atoms with Crippen LogP contribution in [-0.2, 0) is 4.84 Å². The summed E-state index contributed by atoms with van der Waals surface area (Å²) in [6.07, 6.45) is 0. The molecule has 1 unspecified atom stereocenters. The molecule has 0 fully saturated rings. The van der Waals surface area contributed by atoms with E-state index in [0.717, 1.165) is 5.69 Å². The molecule has 0 aliphatic carbocycles. The van der Waals surface area contributed by atoms with Crippen LogP contribution in [0.2, 0.25) is 0 Å². The molecule has 0 aromatic heterocycles. The van der Waals surface area contributed by atoms with Crippen molar-refractivity contribution in [2.75, 3.05) is 5.48 Å². The summed E-state index contributed by atoms with van der Waals surface area (Å²) in [4.78, 5) is 16.4. The maximum atomic E-state index is 10.9. The summed E-state index contributed by atoms with van der Waals surface area (Å²) >= 11 is 4.34. The third-order valence-electron chi connectivity index (χ3n) is 2.61. The molecule has 0 heterocycles. The first-order valence-electron chi connectivity index (χ1n) is 5.35. The molecule has 0 spiro atoms. The van der Waals surface area contributed by atoms with Gasteiger partial charge in [-0.25, -0.2) is 0 Å². The molecule has 0 radical (unpaired) electrons. The summed E-state index contributed by atoms with van der Waals surface area (Å²) in [5.41, 5.74) is 8.81. The number of hydrogen-bond acceptors (Lipinski definition) is 4. The Hall–Kier alpha value is -1.20. The maximum absolute atomic E-state index is 10.9. The van der Waals surface area contributed by atoms with Gasteiger partial charge in [0.25, 0.3) is 0 Å². The number of rotatable bonds is 5. The van der Waals surface area contributed by atoms with Gasteiger partial charge in [-0.1, -0.05) is 6.92 Å². The van der Waals surface area contributed by atoms with Crippen molar-refractivity contribution < 1.29 is 9.63 Å². The highest BCUT2D eigenvalue weighted by atomic mass is 32.1. The molecule has 1 aromatic rings. The topological polar surface area (TPSA) is 64.3 Å². The van der Waals surface area contributed by atoms with Crippen LogP contribution in [0.25, 0.3) is 0 Å². The van der Waals surface area contributed by atoms with Gasteiger partial charge in [-0.15, -0.1) is 0 Å². The van der Waals surface area contributed by atoms with Crippen LogP contribution in [0.1, 0.15) is 31.1 Å².